The molecule has 1 N–H and O–H groups in total. The smallest absolute Gasteiger partial charge is 0.200 e. The molecule has 2 aromatic carbocycles. The van der Waals surface area contributed by atoms with Crippen LogP contribution in [-0.4, -0.2) is 14.6 Å². The zero-order valence-corrected chi connectivity index (χ0v) is 13.8. The monoisotopic (exact) mass is 316 g/mol. The van der Waals surface area contributed by atoms with Gasteiger partial charge in [0.25, 0.3) is 10.0 Å². The van der Waals surface area contributed by atoms with Crippen molar-refractivity contribution in [2.24, 2.45) is 5.10 Å². The Labute approximate surface area is 131 Å². The summed E-state index contributed by atoms with van der Waals surface area (Å²) in [6, 6.07) is 13.0. The van der Waals surface area contributed by atoms with Crippen LogP contribution in [0.3, 0.4) is 0 Å². The van der Waals surface area contributed by atoms with Crippen LogP contribution in [0, 0.1) is 13.8 Å². The first kappa shape index (κ1) is 16.2. The maximum atomic E-state index is 12.2. The zero-order valence-electron chi connectivity index (χ0n) is 13.0. The highest BCUT2D eigenvalue weighted by Crippen LogP contribution is 2.16. The van der Waals surface area contributed by atoms with E-state index in [2.05, 4.69) is 16.9 Å². The van der Waals surface area contributed by atoms with Gasteiger partial charge in [-0.2, -0.15) is 13.5 Å². The molecular formula is C17H20N2O2S. The molecular weight excluding hydrogens is 296 g/mol. The van der Waals surface area contributed by atoms with Crippen molar-refractivity contribution in [1.29, 1.82) is 0 Å². The molecule has 0 heterocycles. The van der Waals surface area contributed by atoms with Crippen LogP contribution in [0.15, 0.2) is 52.5 Å². The standard InChI is InChI=1S/C17H20N2O2S/c1-4-15-6-8-16(9-7-15)12-18-19-22(20,21)17-10-5-13(2)11-14(17)3/h5-12,19H,4H2,1-3H3/b18-12+. The molecule has 0 aromatic heterocycles. The number of nitrogens with zero attached hydrogens (tertiary/aromatic N) is 1. The van der Waals surface area contributed by atoms with Crippen LogP contribution in [0.5, 0.6) is 0 Å². The Kier molecular flexibility index (Phi) is 4.98. The Morgan fingerprint density at radius 3 is 2.36 bits per heavy atom. The number of hydrogen-bond acceptors (Lipinski definition) is 3. The van der Waals surface area contributed by atoms with E-state index in [1.807, 2.05) is 37.3 Å². The fraction of sp³-hybridized carbons (Fsp3) is 0.235. The second kappa shape index (κ2) is 6.75. The van der Waals surface area contributed by atoms with Crippen LogP contribution in [0.1, 0.15) is 29.2 Å². The normalized spacial score (nSPS) is 11.8. The number of benzene rings is 2. The molecule has 22 heavy (non-hydrogen) atoms. The van der Waals surface area contributed by atoms with Crippen molar-refractivity contribution in [2.75, 3.05) is 0 Å². The molecule has 4 nitrogen and oxygen atoms in total. The van der Waals surface area contributed by atoms with Crippen LogP contribution in [0.25, 0.3) is 0 Å². The van der Waals surface area contributed by atoms with Gasteiger partial charge in [-0.15, -0.1) is 0 Å². The van der Waals surface area contributed by atoms with Crippen molar-refractivity contribution in [3.05, 3.63) is 64.7 Å². The molecule has 0 bridgehead atoms. The average molecular weight is 316 g/mol. The molecule has 0 aliphatic rings. The largest absolute Gasteiger partial charge is 0.276 e. The van der Waals surface area contributed by atoms with E-state index in [-0.39, 0.29) is 4.90 Å². The number of hydrazone groups is 1. The number of hydrogen-bond donors (Lipinski definition) is 1. The molecule has 0 atom stereocenters. The van der Waals surface area contributed by atoms with Crippen molar-refractivity contribution in [2.45, 2.75) is 32.1 Å². The topological polar surface area (TPSA) is 58.5 Å². The quantitative estimate of drug-likeness (QED) is 0.680. The summed E-state index contributed by atoms with van der Waals surface area (Å²) in [6.45, 7) is 5.78. The lowest BCUT2D eigenvalue weighted by Crippen LogP contribution is -2.19. The van der Waals surface area contributed by atoms with E-state index in [1.54, 1.807) is 19.1 Å². The van der Waals surface area contributed by atoms with Gasteiger partial charge >= 0.3 is 0 Å². The van der Waals surface area contributed by atoms with E-state index in [4.69, 9.17) is 0 Å². The lowest BCUT2D eigenvalue weighted by atomic mass is 10.1. The van der Waals surface area contributed by atoms with Crippen LogP contribution in [0.2, 0.25) is 0 Å². The summed E-state index contributed by atoms with van der Waals surface area (Å²) in [6.07, 6.45) is 2.47. The fourth-order valence-electron chi connectivity index (χ4n) is 2.16. The summed E-state index contributed by atoms with van der Waals surface area (Å²) >= 11 is 0. The summed E-state index contributed by atoms with van der Waals surface area (Å²) in [5.41, 5.74) is 3.81. The van der Waals surface area contributed by atoms with Crippen molar-refractivity contribution in [3.63, 3.8) is 0 Å². The van der Waals surface area contributed by atoms with Crippen LogP contribution in [-0.2, 0) is 16.4 Å². The molecule has 0 fully saturated rings. The van der Waals surface area contributed by atoms with Crippen LogP contribution < -0.4 is 4.83 Å². The molecule has 0 radical (unpaired) electrons. The van der Waals surface area contributed by atoms with Crippen molar-refractivity contribution in [1.82, 2.24) is 4.83 Å². The average Bonchev–Trinajstić information content (AvgIpc) is 2.47. The highest BCUT2D eigenvalue weighted by Gasteiger charge is 2.15. The summed E-state index contributed by atoms with van der Waals surface area (Å²) in [7, 11) is -3.64. The predicted octanol–water partition coefficient (Wildman–Crippen LogP) is 3.18. The first-order valence-electron chi connectivity index (χ1n) is 7.13. The maximum Gasteiger partial charge on any atom is 0.276 e. The first-order chi connectivity index (χ1) is 10.4. The highest BCUT2D eigenvalue weighted by atomic mass is 32.2. The summed E-state index contributed by atoms with van der Waals surface area (Å²) < 4.78 is 24.5. The van der Waals surface area contributed by atoms with Gasteiger partial charge in [0, 0.05) is 0 Å². The van der Waals surface area contributed by atoms with E-state index in [0.29, 0.717) is 5.56 Å². The van der Waals surface area contributed by atoms with Gasteiger partial charge in [0.15, 0.2) is 0 Å². The SMILES string of the molecule is CCc1ccc(/C=N/NS(=O)(=O)c2ccc(C)cc2C)cc1. The second-order valence-electron chi connectivity index (χ2n) is 5.22. The molecule has 5 heteroatoms. The summed E-state index contributed by atoms with van der Waals surface area (Å²) in [5.74, 6) is 0. The lowest BCUT2D eigenvalue weighted by Gasteiger charge is -2.07. The number of nitrogens with one attached hydrogen (secondary N) is 1. The van der Waals surface area contributed by atoms with Gasteiger partial charge in [-0.05, 0) is 43.0 Å². The summed E-state index contributed by atoms with van der Waals surface area (Å²) in [5, 5.41) is 3.85. The Morgan fingerprint density at radius 2 is 1.77 bits per heavy atom. The zero-order chi connectivity index (χ0) is 16.2. The minimum absolute atomic E-state index is 0.247. The Balaban J connectivity index is 2.13. The molecule has 0 saturated carbocycles. The van der Waals surface area contributed by atoms with E-state index in [1.165, 1.54) is 11.8 Å². The van der Waals surface area contributed by atoms with Crippen molar-refractivity contribution >= 4 is 16.2 Å². The number of sulfonamides is 1. The molecule has 2 rings (SSSR count). The molecule has 116 valence electrons. The minimum atomic E-state index is -3.64. The van der Waals surface area contributed by atoms with Gasteiger partial charge < -0.3 is 0 Å². The minimum Gasteiger partial charge on any atom is -0.200 e. The van der Waals surface area contributed by atoms with Gasteiger partial charge in [0.05, 0.1) is 11.1 Å². The fourth-order valence-corrected chi connectivity index (χ4v) is 3.18. The molecule has 0 saturated heterocycles. The molecule has 0 aliphatic carbocycles. The second-order valence-corrected chi connectivity index (χ2v) is 6.85. The van der Waals surface area contributed by atoms with E-state index in [0.717, 1.165) is 17.5 Å². The molecule has 0 amide bonds. The van der Waals surface area contributed by atoms with Crippen LogP contribution in [0.4, 0.5) is 0 Å². The third-order valence-corrected chi connectivity index (χ3v) is 4.78. The van der Waals surface area contributed by atoms with Gasteiger partial charge in [-0.1, -0.05) is 48.9 Å². The Bertz CT molecular complexity index is 779. The molecule has 0 aliphatic heterocycles. The Morgan fingerprint density at radius 1 is 1.09 bits per heavy atom. The number of rotatable bonds is 5. The molecule has 0 spiro atoms. The third kappa shape index (κ3) is 3.95. The van der Waals surface area contributed by atoms with E-state index < -0.39 is 10.0 Å². The van der Waals surface area contributed by atoms with Gasteiger partial charge in [0.2, 0.25) is 0 Å². The van der Waals surface area contributed by atoms with Crippen LogP contribution >= 0.6 is 0 Å². The van der Waals surface area contributed by atoms with Crippen molar-refractivity contribution in [3.8, 4) is 0 Å². The maximum absolute atomic E-state index is 12.2. The van der Waals surface area contributed by atoms with Gasteiger partial charge in [-0.3, -0.25) is 0 Å². The van der Waals surface area contributed by atoms with E-state index >= 15 is 0 Å². The first-order valence-corrected chi connectivity index (χ1v) is 8.62. The van der Waals surface area contributed by atoms with Crippen molar-refractivity contribution < 1.29 is 8.42 Å². The van der Waals surface area contributed by atoms with Gasteiger partial charge in [0.1, 0.15) is 0 Å². The van der Waals surface area contributed by atoms with E-state index in [9.17, 15) is 8.42 Å². The summed E-state index contributed by atoms with van der Waals surface area (Å²) in [4.78, 5) is 2.50. The predicted molar refractivity (Wildman–Crippen MR) is 89.7 cm³/mol. The number of aryl methyl sites for hydroxylation is 3. The molecule has 2 aromatic rings. The lowest BCUT2D eigenvalue weighted by molar-refractivity contribution is 0.584. The van der Waals surface area contributed by atoms with Gasteiger partial charge in [-0.25, -0.2) is 4.83 Å². The molecule has 0 unspecified atom stereocenters. The third-order valence-electron chi connectivity index (χ3n) is 3.39. The Hall–Kier alpha value is -2.14. The highest BCUT2D eigenvalue weighted by molar-refractivity contribution is 7.89.